The third-order valence-corrected chi connectivity index (χ3v) is 6.01. The van der Waals surface area contributed by atoms with E-state index in [1.54, 1.807) is 54.6 Å². The van der Waals surface area contributed by atoms with Gasteiger partial charge in [-0.2, -0.15) is 0 Å². The van der Waals surface area contributed by atoms with E-state index in [2.05, 4.69) is 26.6 Å². The van der Waals surface area contributed by atoms with Crippen molar-refractivity contribution in [2.24, 2.45) is 0 Å². The van der Waals surface area contributed by atoms with Gasteiger partial charge < -0.3 is 25.2 Å². The van der Waals surface area contributed by atoms with E-state index in [4.69, 9.17) is 14.6 Å². The predicted octanol–water partition coefficient (Wildman–Crippen LogP) is 4.27. The molecular weight excluding hydrogens is 558 g/mol. The molecule has 0 aromatic heterocycles. The molecule has 3 aromatic rings. The van der Waals surface area contributed by atoms with Crippen LogP contribution in [0.2, 0.25) is 0 Å². The molecule has 0 atom stereocenters. The third kappa shape index (κ3) is 6.37. The summed E-state index contributed by atoms with van der Waals surface area (Å²) in [5, 5.41) is 14.1. The zero-order chi connectivity index (χ0) is 27.2. The van der Waals surface area contributed by atoms with E-state index in [9.17, 15) is 19.2 Å². The number of rotatable bonds is 9. The molecule has 4 rings (SSSR count). The number of hydrogen-bond donors (Lipinski definition) is 3. The van der Waals surface area contributed by atoms with E-state index in [-0.39, 0.29) is 17.9 Å². The Labute approximate surface area is 226 Å². The van der Waals surface area contributed by atoms with Gasteiger partial charge in [-0.15, -0.1) is 0 Å². The molecule has 3 aromatic carbocycles. The second-order valence-corrected chi connectivity index (χ2v) is 9.05. The Hall–Kier alpha value is -4.64. The molecule has 1 aliphatic rings. The van der Waals surface area contributed by atoms with Crippen LogP contribution in [0.15, 0.2) is 76.9 Å². The minimum Gasteiger partial charge on any atom is -0.493 e. The van der Waals surface area contributed by atoms with Crippen molar-refractivity contribution in [3.05, 3.63) is 93.6 Å². The lowest BCUT2D eigenvalue weighted by Crippen LogP contribution is -2.38. The van der Waals surface area contributed by atoms with Gasteiger partial charge in [0.25, 0.3) is 5.91 Å². The highest BCUT2D eigenvalue weighted by Crippen LogP contribution is 2.30. The van der Waals surface area contributed by atoms with Crippen LogP contribution in [-0.4, -0.2) is 47.5 Å². The lowest BCUT2D eigenvalue weighted by molar-refractivity contribution is -0.127. The maximum Gasteiger partial charge on any atom is 0.335 e. The van der Waals surface area contributed by atoms with Crippen LogP contribution in [0.3, 0.4) is 0 Å². The van der Waals surface area contributed by atoms with E-state index in [1.807, 2.05) is 0 Å². The van der Waals surface area contributed by atoms with Gasteiger partial charge in [0.2, 0.25) is 5.91 Å². The summed E-state index contributed by atoms with van der Waals surface area (Å²) in [6.07, 6.45) is 1.48. The largest absolute Gasteiger partial charge is 0.493 e. The van der Waals surface area contributed by atoms with Gasteiger partial charge in [-0.1, -0.05) is 34.1 Å². The summed E-state index contributed by atoms with van der Waals surface area (Å²) < 4.78 is 12.1. The maximum atomic E-state index is 12.8. The number of carboxylic acids is 1. The zero-order valence-electron chi connectivity index (χ0n) is 20.1. The first-order valence-electron chi connectivity index (χ1n) is 11.3. The van der Waals surface area contributed by atoms with Crippen LogP contribution in [0, 0.1) is 0 Å². The number of hydrogen-bond acceptors (Lipinski definition) is 6. The van der Waals surface area contributed by atoms with Crippen molar-refractivity contribution in [1.82, 2.24) is 10.2 Å². The lowest BCUT2D eigenvalue weighted by Gasteiger charge is -2.12. The number of nitrogens with zero attached hydrogens (tertiary/aromatic N) is 1. The molecule has 0 unspecified atom stereocenters. The van der Waals surface area contributed by atoms with Crippen LogP contribution in [-0.2, 0) is 16.2 Å². The third-order valence-electron chi connectivity index (χ3n) is 5.49. The first-order chi connectivity index (χ1) is 18.2. The fourth-order valence-corrected chi connectivity index (χ4v) is 3.82. The summed E-state index contributed by atoms with van der Waals surface area (Å²) in [5.74, 6) is -1.33. The zero-order valence-corrected chi connectivity index (χ0v) is 21.7. The Kier molecular flexibility index (Phi) is 8.07. The van der Waals surface area contributed by atoms with E-state index >= 15 is 0 Å². The van der Waals surface area contributed by atoms with E-state index in [0.29, 0.717) is 22.7 Å². The number of carbonyl (C=O) groups is 4. The first kappa shape index (κ1) is 26.4. The Morgan fingerprint density at radius 2 is 1.74 bits per heavy atom. The second kappa shape index (κ2) is 11.6. The van der Waals surface area contributed by atoms with Crippen LogP contribution in [0.1, 0.15) is 21.5 Å². The first-order valence-corrected chi connectivity index (χ1v) is 12.1. The standard InChI is InChI=1S/C27H22BrN3O7/c1-37-23-13-17(4-11-22(23)38-15-16-2-5-18(6-3-16)26(34)35)12-21-25(33)31(27(36)30-21)14-24(32)29-20-9-7-19(28)8-10-20/h2-13H,14-15H2,1H3,(H,29,32)(H,30,36)(H,34,35)/b21-12-. The summed E-state index contributed by atoms with van der Waals surface area (Å²) in [6, 6.07) is 17.5. The SMILES string of the molecule is COc1cc(/C=C2\NC(=O)N(CC(=O)Nc3ccc(Br)cc3)C2=O)ccc1OCc1ccc(C(=O)O)cc1. The molecule has 1 fully saturated rings. The number of ether oxygens (including phenoxy) is 2. The summed E-state index contributed by atoms with van der Waals surface area (Å²) in [7, 11) is 1.47. The molecule has 4 amide bonds. The fourth-order valence-electron chi connectivity index (χ4n) is 3.56. The normalized spacial score (nSPS) is 13.8. The quantitative estimate of drug-likeness (QED) is 0.254. The van der Waals surface area contributed by atoms with Gasteiger partial charge in [0, 0.05) is 10.2 Å². The van der Waals surface area contributed by atoms with Gasteiger partial charge >= 0.3 is 12.0 Å². The monoisotopic (exact) mass is 579 g/mol. The summed E-state index contributed by atoms with van der Waals surface area (Å²) in [6.45, 7) is -0.260. The number of nitrogens with one attached hydrogen (secondary N) is 2. The number of amides is 4. The van der Waals surface area contributed by atoms with Gasteiger partial charge in [-0.3, -0.25) is 9.59 Å². The smallest absolute Gasteiger partial charge is 0.335 e. The number of methoxy groups -OCH3 is 1. The van der Waals surface area contributed by atoms with E-state index in [0.717, 1.165) is 14.9 Å². The van der Waals surface area contributed by atoms with Gasteiger partial charge in [0.05, 0.1) is 12.7 Å². The molecule has 0 spiro atoms. The van der Waals surface area contributed by atoms with Crippen LogP contribution in [0.4, 0.5) is 10.5 Å². The van der Waals surface area contributed by atoms with E-state index in [1.165, 1.54) is 25.3 Å². The Morgan fingerprint density at radius 1 is 1.03 bits per heavy atom. The number of imide groups is 1. The molecule has 0 radical (unpaired) electrons. The van der Waals surface area contributed by atoms with Gasteiger partial charge in [0.1, 0.15) is 18.8 Å². The summed E-state index contributed by atoms with van der Waals surface area (Å²) >= 11 is 3.31. The average Bonchev–Trinajstić information content (AvgIpc) is 3.16. The van der Waals surface area contributed by atoms with Crippen molar-refractivity contribution in [3.63, 3.8) is 0 Å². The number of carboxylic acid groups (broad SMARTS) is 1. The number of anilines is 1. The molecule has 1 saturated heterocycles. The van der Waals surface area contributed by atoms with Gasteiger partial charge in [-0.25, -0.2) is 14.5 Å². The molecule has 0 aliphatic carbocycles. The summed E-state index contributed by atoms with van der Waals surface area (Å²) in [5.41, 5.74) is 2.06. The molecule has 194 valence electrons. The highest BCUT2D eigenvalue weighted by molar-refractivity contribution is 9.10. The Morgan fingerprint density at radius 3 is 2.39 bits per heavy atom. The van der Waals surface area contributed by atoms with Crippen LogP contribution in [0.5, 0.6) is 11.5 Å². The van der Waals surface area contributed by atoms with Gasteiger partial charge in [0.15, 0.2) is 11.5 Å². The number of halogens is 1. The summed E-state index contributed by atoms with van der Waals surface area (Å²) in [4.78, 5) is 49.3. The topological polar surface area (TPSA) is 134 Å². The maximum absolute atomic E-state index is 12.8. The number of benzene rings is 3. The molecule has 0 saturated carbocycles. The molecule has 38 heavy (non-hydrogen) atoms. The van der Waals surface area contributed by atoms with Crippen molar-refractivity contribution >= 4 is 51.5 Å². The number of carbonyl (C=O) groups excluding carboxylic acids is 3. The van der Waals surface area contributed by atoms with E-state index < -0.39 is 30.4 Å². The van der Waals surface area contributed by atoms with Crippen molar-refractivity contribution in [2.75, 3.05) is 19.0 Å². The fraction of sp³-hybridized carbons (Fsp3) is 0.111. The number of aromatic carboxylic acids is 1. The van der Waals surface area contributed by atoms with Crippen LogP contribution >= 0.6 is 15.9 Å². The lowest BCUT2D eigenvalue weighted by atomic mass is 10.1. The van der Waals surface area contributed by atoms with Crippen molar-refractivity contribution < 1.29 is 33.8 Å². The molecule has 1 aliphatic heterocycles. The Balaban J connectivity index is 1.41. The molecule has 3 N–H and O–H groups in total. The number of urea groups is 1. The van der Waals surface area contributed by atoms with Crippen molar-refractivity contribution in [3.8, 4) is 11.5 Å². The van der Waals surface area contributed by atoms with Crippen molar-refractivity contribution in [2.45, 2.75) is 6.61 Å². The van der Waals surface area contributed by atoms with Crippen LogP contribution < -0.4 is 20.1 Å². The Bertz CT molecular complexity index is 1420. The molecule has 0 bridgehead atoms. The second-order valence-electron chi connectivity index (χ2n) is 8.14. The van der Waals surface area contributed by atoms with Gasteiger partial charge in [-0.05, 0) is 65.7 Å². The molecule has 1 heterocycles. The minimum absolute atomic E-state index is 0.0145. The predicted molar refractivity (Wildman–Crippen MR) is 142 cm³/mol. The molecular formula is C27H22BrN3O7. The van der Waals surface area contributed by atoms with Crippen LogP contribution in [0.25, 0.3) is 6.08 Å². The minimum atomic E-state index is -1.01. The molecule has 10 nitrogen and oxygen atoms in total. The van der Waals surface area contributed by atoms with Crippen molar-refractivity contribution in [1.29, 1.82) is 0 Å². The highest BCUT2D eigenvalue weighted by atomic mass is 79.9. The average molecular weight is 580 g/mol. The molecule has 11 heteroatoms. The highest BCUT2D eigenvalue weighted by Gasteiger charge is 2.35.